The molecule has 2 heterocycles. The van der Waals surface area contributed by atoms with Gasteiger partial charge in [0.15, 0.2) is 5.82 Å². The SMILES string of the molecule is Cc1nc(-c2cccc(C(F)(F)F)c2)nc(N2CCN(S(=O)(=O)c3ccc(Cl)cc3)CC2)c1C. The van der Waals surface area contributed by atoms with E-state index in [1.54, 1.807) is 13.0 Å². The van der Waals surface area contributed by atoms with Gasteiger partial charge in [-0.2, -0.15) is 17.5 Å². The molecule has 1 aromatic heterocycles. The van der Waals surface area contributed by atoms with Crippen LogP contribution in [-0.4, -0.2) is 48.9 Å². The second kappa shape index (κ2) is 9.16. The summed E-state index contributed by atoms with van der Waals surface area (Å²) in [6, 6.07) is 10.9. The predicted octanol–water partition coefficient (Wildman–Crippen LogP) is 4.94. The van der Waals surface area contributed by atoms with Crippen LogP contribution in [0.15, 0.2) is 53.4 Å². The molecule has 6 nitrogen and oxygen atoms in total. The van der Waals surface area contributed by atoms with Crippen LogP contribution in [0.5, 0.6) is 0 Å². The van der Waals surface area contributed by atoms with E-state index in [9.17, 15) is 21.6 Å². The lowest BCUT2D eigenvalue weighted by atomic mass is 10.1. The highest BCUT2D eigenvalue weighted by Crippen LogP contribution is 2.32. The molecule has 0 unspecified atom stereocenters. The quantitative estimate of drug-likeness (QED) is 0.497. The predicted molar refractivity (Wildman–Crippen MR) is 124 cm³/mol. The van der Waals surface area contributed by atoms with Crippen molar-refractivity contribution in [1.82, 2.24) is 14.3 Å². The number of benzene rings is 2. The topological polar surface area (TPSA) is 66.4 Å². The monoisotopic (exact) mass is 510 g/mol. The summed E-state index contributed by atoms with van der Waals surface area (Å²) >= 11 is 5.87. The van der Waals surface area contributed by atoms with Crippen molar-refractivity contribution in [3.63, 3.8) is 0 Å². The van der Waals surface area contributed by atoms with Gasteiger partial charge in [0.05, 0.1) is 10.5 Å². The van der Waals surface area contributed by atoms with Crippen LogP contribution in [0, 0.1) is 13.8 Å². The van der Waals surface area contributed by atoms with Crippen molar-refractivity contribution in [2.75, 3.05) is 31.1 Å². The second-order valence-electron chi connectivity index (χ2n) is 8.00. The average Bonchev–Trinajstić information content (AvgIpc) is 2.81. The molecule has 0 spiro atoms. The van der Waals surface area contributed by atoms with Gasteiger partial charge in [-0.15, -0.1) is 0 Å². The molecule has 1 fully saturated rings. The molecule has 11 heteroatoms. The third-order valence-corrected chi connectivity index (χ3v) is 7.97. The van der Waals surface area contributed by atoms with Crippen LogP contribution >= 0.6 is 11.6 Å². The van der Waals surface area contributed by atoms with Gasteiger partial charge in [0, 0.05) is 48.0 Å². The molecule has 180 valence electrons. The van der Waals surface area contributed by atoms with Crippen molar-refractivity contribution in [3.8, 4) is 11.4 Å². The highest BCUT2D eigenvalue weighted by atomic mass is 35.5. The molecule has 0 atom stereocenters. The molecule has 1 saturated heterocycles. The minimum Gasteiger partial charge on any atom is -0.354 e. The Morgan fingerprint density at radius 1 is 0.941 bits per heavy atom. The molecule has 0 saturated carbocycles. The summed E-state index contributed by atoms with van der Waals surface area (Å²) in [5.74, 6) is 0.781. The summed E-state index contributed by atoms with van der Waals surface area (Å²) in [6.07, 6.45) is -4.47. The third kappa shape index (κ3) is 4.89. The molecule has 0 N–H and O–H groups in total. The zero-order valence-electron chi connectivity index (χ0n) is 18.5. The molecule has 4 rings (SSSR count). The number of aryl methyl sites for hydroxylation is 1. The van der Waals surface area contributed by atoms with Gasteiger partial charge in [0.25, 0.3) is 0 Å². The fraction of sp³-hybridized carbons (Fsp3) is 0.304. The summed E-state index contributed by atoms with van der Waals surface area (Å²) in [4.78, 5) is 11.1. The smallest absolute Gasteiger partial charge is 0.354 e. The van der Waals surface area contributed by atoms with E-state index in [-0.39, 0.29) is 29.4 Å². The van der Waals surface area contributed by atoms with Gasteiger partial charge in [0.1, 0.15) is 5.82 Å². The minimum absolute atomic E-state index is 0.172. The van der Waals surface area contributed by atoms with Crippen LogP contribution in [0.25, 0.3) is 11.4 Å². The van der Waals surface area contributed by atoms with Crippen LogP contribution in [0.2, 0.25) is 5.02 Å². The fourth-order valence-corrected chi connectivity index (χ4v) is 5.33. The van der Waals surface area contributed by atoms with Crippen molar-refractivity contribution >= 4 is 27.4 Å². The Bertz CT molecular complexity index is 1310. The van der Waals surface area contributed by atoms with Gasteiger partial charge in [0.2, 0.25) is 10.0 Å². The van der Waals surface area contributed by atoms with Gasteiger partial charge in [-0.3, -0.25) is 0 Å². The van der Waals surface area contributed by atoms with Crippen molar-refractivity contribution in [1.29, 1.82) is 0 Å². The first-order valence-corrected chi connectivity index (χ1v) is 12.3. The van der Waals surface area contributed by atoms with Crippen LogP contribution in [-0.2, 0) is 16.2 Å². The number of halogens is 4. The van der Waals surface area contributed by atoms with Gasteiger partial charge in [-0.25, -0.2) is 18.4 Å². The number of hydrogen-bond acceptors (Lipinski definition) is 5. The Morgan fingerprint density at radius 2 is 1.59 bits per heavy atom. The van der Waals surface area contributed by atoms with Crippen LogP contribution < -0.4 is 4.90 Å². The second-order valence-corrected chi connectivity index (χ2v) is 10.4. The Hall–Kier alpha value is -2.69. The standard InChI is InChI=1S/C23H22ClF3N4O2S/c1-15-16(2)28-21(17-4-3-5-18(14-17)23(25,26)27)29-22(15)30-10-12-31(13-11-30)34(32,33)20-8-6-19(24)7-9-20/h3-9,14H,10-13H2,1-2H3. The van der Waals surface area contributed by atoms with Crippen molar-refractivity contribution in [2.45, 2.75) is 24.9 Å². The highest BCUT2D eigenvalue weighted by molar-refractivity contribution is 7.89. The van der Waals surface area contributed by atoms with Crippen LogP contribution in [0.4, 0.5) is 19.0 Å². The first-order chi connectivity index (χ1) is 16.0. The van der Waals surface area contributed by atoms with Gasteiger partial charge < -0.3 is 4.90 Å². The first kappa shape index (κ1) is 24.4. The molecule has 34 heavy (non-hydrogen) atoms. The number of anilines is 1. The molecule has 0 radical (unpaired) electrons. The maximum atomic E-state index is 13.2. The maximum Gasteiger partial charge on any atom is 0.416 e. The lowest BCUT2D eigenvalue weighted by Gasteiger charge is -2.35. The largest absolute Gasteiger partial charge is 0.416 e. The van der Waals surface area contributed by atoms with E-state index in [0.29, 0.717) is 29.6 Å². The van der Waals surface area contributed by atoms with Crippen LogP contribution in [0.1, 0.15) is 16.8 Å². The zero-order valence-corrected chi connectivity index (χ0v) is 20.0. The summed E-state index contributed by atoms with van der Waals surface area (Å²) in [6.45, 7) is 4.87. The molecule has 3 aromatic rings. The normalized spacial score (nSPS) is 15.5. The molecule has 2 aromatic carbocycles. The van der Waals surface area contributed by atoms with E-state index in [1.165, 1.54) is 34.6 Å². The van der Waals surface area contributed by atoms with E-state index >= 15 is 0 Å². The van der Waals surface area contributed by atoms with E-state index in [4.69, 9.17) is 11.6 Å². The Balaban J connectivity index is 1.58. The first-order valence-electron chi connectivity index (χ1n) is 10.5. The number of aromatic nitrogens is 2. The third-order valence-electron chi connectivity index (χ3n) is 5.80. The Morgan fingerprint density at radius 3 is 2.21 bits per heavy atom. The molecular formula is C23H22ClF3N4O2S. The molecule has 1 aliphatic rings. The number of sulfonamides is 1. The van der Waals surface area contributed by atoms with E-state index < -0.39 is 21.8 Å². The lowest BCUT2D eigenvalue weighted by molar-refractivity contribution is -0.137. The summed E-state index contributed by atoms with van der Waals surface area (Å²) in [5, 5.41) is 0.454. The summed E-state index contributed by atoms with van der Waals surface area (Å²) in [7, 11) is -3.66. The molecule has 0 amide bonds. The zero-order chi connectivity index (χ0) is 24.7. The van der Waals surface area contributed by atoms with Gasteiger partial charge in [-0.1, -0.05) is 23.7 Å². The van der Waals surface area contributed by atoms with E-state index in [2.05, 4.69) is 9.97 Å². The fourth-order valence-electron chi connectivity index (χ4n) is 3.78. The molecule has 0 bridgehead atoms. The van der Waals surface area contributed by atoms with Crippen molar-refractivity contribution in [3.05, 3.63) is 70.4 Å². The molecule has 0 aliphatic carbocycles. The number of rotatable bonds is 4. The molecular weight excluding hydrogens is 489 g/mol. The van der Waals surface area contributed by atoms with Crippen LogP contribution in [0.3, 0.4) is 0 Å². The molecule has 1 aliphatic heterocycles. The number of nitrogens with zero attached hydrogens (tertiary/aromatic N) is 4. The number of hydrogen-bond donors (Lipinski definition) is 0. The highest BCUT2D eigenvalue weighted by Gasteiger charge is 2.32. The van der Waals surface area contributed by atoms with Gasteiger partial charge >= 0.3 is 6.18 Å². The van der Waals surface area contributed by atoms with Crippen molar-refractivity contribution < 1.29 is 21.6 Å². The lowest BCUT2D eigenvalue weighted by Crippen LogP contribution is -2.49. The minimum atomic E-state index is -4.47. The average molecular weight is 511 g/mol. The van der Waals surface area contributed by atoms with Crippen molar-refractivity contribution in [2.24, 2.45) is 0 Å². The maximum absolute atomic E-state index is 13.2. The Kier molecular flexibility index (Phi) is 6.58. The van der Waals surface area contributed by atoms with E-state index in [1.807, 2.05) is 11.8 Å². The summed E-state index contributed by atoms with van der Waals surface area (Å²) in [5.41, 5.74) is 0.941. The summed E-state index contributed by atoms with van der Waals surface area (Å²) < 4.78 is 66.8. The van der Waals surface area contributed by atoms with E-state index in [0.717, 1.165) is 17.7 Å². The number of piperazine rings is 1. The number of alkyl halides is 3. The Labute approximate surface area is 201 Å². The van der Waals surface area contributed by atoms with Gasteiger partial charge in [-0.05, 0) is 50.2 Å².